The van der Waals surface area contributed by atoms with E-state index in [0.717, 1.165) is 17.0 Å². The van der Waals surface area contributed by atoms with Gasteiger partial charge in [-0.15, -0.1) is 0 Å². The third-order valence-corrected chi connectivity index (χ3v) is 3.48. The predicted molar refractivity (Wildman–Crippen MR) is 65.6 cm³/mol. The Bertz CT molecular complexity index is 547. The molecule has 1 heterocycles. The van der Waals surface area contributed by atoms with Crippen molar-refractivity contribution in [1.82, 2.24) is 5.32 Å². The van der Waals surface area contributed by atoms with Gasteiger partial charge in [-0.25, -0.2) is 18.5 Å². The highest BCUT2D eigenvalue weighted by atomic mass is 19.1. The van der Waals surface area contributed by atoms with Crippen molar-refractivity contribution >= 4 is 17.6 Å². The summed E-state index contributed by atoms with van der Waals surface area (Å²) in [5.41, 5.74) is -1.02. The molecule has 19 heavy (non-hydrogen) atoms. The van der Waals surface area contributed by atoms with Gasteiger partial charge in [0.15, 0.2) is 0 Å². The van der Waals surface area contributed by atoms with E-state index < -0.39 is 29.0 Å². The zero-order valence-electron chi connectivity index (χ0n) is 10.7. The van der Waals surface area contributed by atoms with E-state index in [2.05, 4.69) is 5.32 Å². The van der Waals surface area contributed by atoms with Gasteiger partial charge in [-0.3, -0.25) is 4.79 Å². The molecule has 0 spiro atoms. The fraction of sp³-hybridized carbons (Fsp3) is 0.385. The second-order valence-electron chi connectivity index (χ2n) is 4.81. The average molecular weight is 268 g/mol. The molecule has 1 unspecified atom stereocenters. The normalized spacial score (nSPS) is 23.5. The van der Waals surface area contributed by atoms with Gasteiger partial charge in [-0.05, 0) is 25.5 Å². The standard InChI is InChI=1S/C13H14F2N2O2/c1-3-13(2)7-16-12(19)17(11(13)18)10-5-4-8(14)6-9(10)15/h4-6H,3,7H2,1-2H3,(H,16,19). The number of amides is 3. The molecule has 2 rings (SSSR count). The van der Waals surface area contributed by atoms with Crippen molar-refractivity contribution in [3.63, 3.8) is 0 Å². The Morgan fingerprint density at radius 3 is 2.63 bits per heavy atom. The Labute approximate surface area is 109 Å². The molecule has 1 saturated heterocycles. The van der Waals surface area contributed by atoms with Crippen LogP contribution in [0.5, 0.6) is 0 Å². The monoisotopic (exact) mass is 268 g/mol. The van der Waals surface area contributed by atoms with E-state index in [9.17, 15) is 18.4 Å². The molecule has 3 amide bonds. The molecule has 1 aliphatic heterocycles. The number of nitrogens with zero attached hydrogens (tertiary/aromatic N) is 1. The van der Waals surface area contributed by atoms with Crippen LogP contribution in [-0.2, 0) is 4.79 Å². The fourth-order valence-electron chi connectivity index (χ4n) is 1.95. The van der Waals surface area contributed by atoms with E-state index in [4.69, 9.17) is 0 Å². The molecule has 4 nitrogen and oxygen atoms in total. The summed E-state index contributed by atoms with van der Waals surface area (Å²) < 4.78 is 26.6. The highest BCUT2D eigenvalue weighted by Crippen LogP contribution is 2.31. The summed E-state index contributed by atoms with van der Waals surface area (Å²) >= 11 is 0. The third-order valence-electron chi connectivity index (χ3n) is 3.48. The van der Waals surface area contributed by atoms with Crippen molar-refractivity contribution in [2.24, 2.45) is 5.41 Å². The van der Waals surface area contributed by atoms with Crippen molar-refractivity contribution in [1.29, 1.82) is 0 Å². The molecule has 1 aromatic carbocycles. The molecule has 0 saturated carbocycles. The lowest BCUT2D eigenvalue weighted by atomic mass is 9.84. The van der Waals surface area contributed by atoms with Crippen molar-refractivity contribution in [2.75, 3.05) is 11.4 Å². The van der Waals surface area contributed by atoms with Crippen molar-refractivity contribution < 1.29 is 18.4 Å². The van der Waals surface area contributed by atoms with E-state index in [1.807, 2.05) is 6.92 Å². The van der Waals surface area contributed by atoms with Crippen molar-refractivity contribution in [3.05, 3.63) is 29.8 Å². The first-order valence-electron chi connectivity index (χ1n) is 5.96. The van der Waals surface area contributed by atoms with Crippen LogP contribution in [0.25, 0.3) is 0 Å². The number of benzene rings is 1. The van der Waals surface area contributed by atoms with Crippen LogP contribution in [0, 0.1) is 17.0 Å². The number of anilines is 1. The van der Waals surface area contributed by atoms with Gasteiger partial charge in [-0.1, -0.05) is 6.92 Å². The summed E-state index contributed by atoms with van der Waals surface area (Å²) in [5, 5.41) is 2.55. The van der Waals surface area contributed by atoms with Gasteiger partial charge in [0.05, 0.1) is 11.1 Å². The Kier molecular flexibility index (Phi) is 3.26. The Morgan fingerprint density at radius 2 is 2.05 bits per heavy atom. The maximum Gasteiger partial charge on any atom is 0.328 e. The molecule has 6 heteroatoms. The summed E-state index contributed by atoms with van der Waals surface area (Å²) in [6, 6.07) is 2.05. The van der Waals surface area contributed by atoms with Crippen molar-refractivity contribution in [2.45, 2.75) is 20.3 Å². The first-order chi connectivity index (χ1) is 8.89. The van der Waals surface area contributed by atoms with Gasteiger partial charge in [-0.2, -0.15) is 0 Å². The number of carbonyl (C=O) groups excluding carboxylic acids is 2. The zero-order valence-corrected chi connectivity index (χ0v) is 10.7. The molecule has 0 radical (unpaired) electrons. The molecule has 1 aromatic rings. The van der Waals surface area contributed by atoms with E-state index in [1.54, 1.807) is 6.92 Å². The predicted octanol–water partition coefficient (Wildman–Crippen LogP) is 2.44. The van der Waals surface area contributed by atoms with E-state index in [-0.39, 0.29) is 12.2 Å². The van der Waals surface area contributed by atoms with Gasteiger partial charge in [0.25, 0.3) is 0 Å². The van der Waals surface area contributed by atoms with Crippen LogP contribution >= 0.6 is 0 Å². The average Bonchev–Trinajstić information content (AvgIpc) is 2.37. The van der Waals surface area contributed by atoms with Gasteiger partial charge >= 0.3 is 6.03 Å². The number of imide groups is 1. The van der Waals surface area contributed by atoms with Gasteiger partial charge in [0.1, 0.15) is 11.6 Å². The van der Waals surface area contributed by atoms with Gasteiger partial charge in [0, 0.05) is 12.6 Å². The number of nitrogens with one attached hydrogen (secondary N) is 1. The van der Waals surface area contributed by atoms with E-state index in [1.165, 1.54) is 0 Å². The molecule has 0 aliphatic carbocycles. The topological polar surface area (TPSA) is 49.4 Å². The maximum atomic E-state index is 13.7. The van der Waals surface area contributed by atoms with Crippen molar-refractivity contribution in [3.8, 4) is 0 Å². The van der Waals surface area contributed by atoms with Gasteiger partial charge in [0.2, 0.25) is 5.91 Å². The van der Waals surface area contributed by atoms with E-state index in [0.29, 0.717) is 12.5 Å². The molecule has 1 fully saturated rings. The molecule has 1 N–H and O–H groups in total. The maximum absolute atomic E-state index is 13.7. The summed E-state index contributed by atoms with van der Waals surface area (Å²) in [6.07, 6.45) is 0.505. The first-order valence-corrected chi connectivity index (χ1v) is 5.96. The molecule has 1 aliphatic rings. The Hall–Kier alpha value is -1.98. The summed E-state index contributed by atoms with van der Waals surface area (Å²) in [6.45, 7) is 3.72. The van der Waals surface area contributed by atoms with Crippen LogP contribution in [0.2, 0.25) is 0 Å². The second kappa shape index (κ2) is 4.60. The minimum absolute atomic E-state index is 0.209. The molecule has 1 atom stereocenters. The Morgan fingerprint density at radius 1 is 1.37 bits per heavy atom. The Balaban J connectivity index is 2.46. The number of hydrogen-bond donors (Lipinski definition) is 1. The molecule has 102 valence electrons. The van der Waals surface area contributed by atoms with Crippen LogP contribution in [0.15, 0.2) is 18.2 Å². The number of carbonyl (C=O) groups is 2. The third kappa shape index (κ3) is 2.18. The van der Waals surface area contributed by atoms with Crippen LogP contribution in [0.1, 0.15) is 20.3 Å². The summed E-state index contributed by atoms with van der Waals surface area (Å²) in [4.78, 5) is 24.8. The number of hydrogen-bond acceptors (Lipinski definition) is 2. The molecule has 0 aromatic heterocycles. The van der Waals surface area contributed by atoms with Crippen LogP contribution in [0.3, 0.4) is 0 Å². The molecular weight excluding hydrogens is 254 g/mol. The summed E-state index contributed by atoms with van der Waals surface area (Å²) in [5.74, 6) is -2.18. The second-order valence-corrected chi connectivity index (χ2v) is 4.81. The largest absolute Gasteiger partial charge is 0.336 e. The van der Waals surface area contributed by atoms with Gasteiger partial charge < -0.3 is 5.32 Å². The first kappa shape index (κ1) is 13.5. The van der Waals surface area contributed by atoms with E-state index >= 15 is 0 Å². The van der Waals surface area contributed by atoms with Crippen LogP contribution in [-0.4, -0.2) is 18.5 Å². The summed E-state index contributed by atoms with van der Waals surface area (Å²) in [7, 11) is 0. The highest BCUT2D eigenvalue weighted by molar-refractivity contribution is 6.17. The minimum atomic E-state index is -0.941. The van der Waals surface area contributed by atoms with Crippen LogP contribution in [0.4, 0.5) is 19.3 Å². The van der Waals surface area contributed by atoms with Crippen LogP contribution < -0.4 is 10.2 Å². The lowest BCUT2D eigenvalue weighted by Gasteiger charge is -2.37. The lowest BCUT2D eigenvalue weighted by molar-refractivity contribution is -0.127. The fourth-order valence-corrected chi connectivity index (χ4v) is 1.95. The minimum Gasteiger partial charge on any atom is -0.336 e. The number of halogens is 2. The molecule has 0 bridgehead atoms. The number of rotatable bonds is 2. The zero-order chi connectivity index (χ0) is 14.2. The smallest absolute Gasteiger partial charge is 0.328 e. The lowest BCUT2D eigenvalue weighted by Crippen LogP contribution is -2.60. The SMILES string of the molecule is CCC1(C)CNC(=O)N(c2ccc(F)cc2F)C1=O. The highest BCUT2D eigenvalue weighted by Gasteiger charge is 2.43. The number of urea groups is 1. The molecular formula is C13H14F2N2O2. The quantitative estimate of drug-likeness (QED) is 0.895.